The van der Waals surface area contributed by atoms with Crippen LogP contribution in [0.2, 0.25) is 0 Å². The van der Waals surface area contributed by atoms with E-state index in [4.69, 9.17) is 22.3 Å². The van der Waals surface area contributed by atoms with Crippen molar-refractivity contribution < 1.29 is 34.5 Å². The minimum Gasteiger partial charge on any atom is -0.480 e. The van der Waals surface area contributed by atoms with E-state index >= 15 is 0 Å². The van der Waals surface area contributed by atoms with Gasteiger partial charge in [-0.15, -0.1) is 0 Å². The highest BCUT2D eigenvalue weighted by atomic mass is 16.4. The molecule has 4 unspecified atom stereocenters. The monoisotopic (exact) mass is 534 g/mol. The summed E-state index contributed by atoms with van der Waals surface area (Å²) in [4.78, 5) is 56.8. The van der Waals surface area contributed by atoms with Crippen molar-refractivity contribution in [2.75, 3.05) is 19.8 Å². The number of aromatic amines is 1. The van der Waals surface area contributed by atoms with Crippen LogP contribution >= 0.6 is 0 Å². The predicted octanol–water partition coefficient (Wildman–Crippen LogP) is -3.39. The number of hydrogen-bond donors (Lipinski definition) is 10. The number of aromatic nitrogens is 1. The van der Waals surface area contributed by atoms with E-state index < -0.39 is 61.1 Å². The molecule has 208 valence electrons. The summed E-state index contributed by atoms with van der Waals surface area (Å²) in [6, 6.07) is 1.98. The second-order valence-electron chi connectivity index (χ2n) is 8.51. The number of nitrogens with zero attached hydrogens (tertiary/aromatic N) is 1. The van der Waals surface area contributed by atoms with Crippen LogP contribution < -0.4 is 33.2 Å². The number of carboxylic acid groups (broad SMARTS) is 1. The molecule has 0 radical (unpaired) electrons. The number of carbonyl (C=O) groups is 4. The summed E-state index contributed by atoms with van der Waals surface area (Å²) < 4.78 is 0. The molecule has 2 rings (SSSR count). The van der Waals surface area contributed by atoms with E-state index in [0.717, 1.165) is 10.9 Å². The molecule has 0 aliphatic heterocycles. The summed E-state index contributed by atoms with van der Waals surface area (Å²) in [6.45, 7) is -1.39. The number of nitrogens with one attached hydrogen (secondary N) is 4. The molecule has 0 spiro atoms. The van der Waals surface area contributed by atoms with E-state index in [0.29, 0.717) is 5.56 Å². The number of carbonyl (C=O) groups excluding carboxylic acids is 3. The van der Waals surface area contributed by atoms with Crippen LogP contribution in [0.25, 0.3) is 10.9 Å². The fraction of sp³-hybridized carbons (Fsp3) is 0.435. The van der Waals surface area contributed by atoms with Crippen LogP contribution in [0.1, 0.15) is 18.4 Å². The highest BCUT2D eigenvalue weighted by molar-refractivity contribution is 5.95. The average Bonchev–Trinajstić information content (AvgIpc) is 3.30. The lowest BCUT2D eigenvalue weighted by atomic mass is 10.0. The van der Waals surface area contributed by atoms with Gasteiger partial charge in [0.2, 0.25) is 17.7 Å². The standard InChI is InChI=1S/C23H34N8O7/c24-14(10-32)19(34)30-17(8-12-9-28-15-5-2-1-4-13(12)15)21(36)29-16(6-3-7-27-23(25)26)20(35)31-18(11-33)22(37)38/h1-2,4-5,9,14,16-18,28,32-33H,3,6-8,10-11,24H2,(H,29,36)(H,30,34)(H,31,35)(H,37,38)(H4,25,26,27). The van der Waals surface area contributed by atoms with Crippen molar-refractivity contribution >= 4 is 40.6 Å². The van der Waals surface area contributed by atoms with Gasteiger partial charge in [0, 0.05) is 30.1 Å². The number of fused-ring (bicyclic) bond motifs is 1. The van der Waals surface area contributed by atoms with Gasteiger partial charge in [0.1, 0.15) is 24.2 Å². The molecule has 0 saturated heterocycles. The predicted molar refractivity (Wildman–Crippen MR) is 137 cm³/mol. The number of aliphatic hydroxyl groups is 2. The number of amides is 3. The Hall–Kier alpha value is -4.21. The quantitative estimate of drug-likeness (QED) is 0.0614. The molecule has 13 N–H and O–H groups in total. The summed E-state index contributed by atoms with van der Waals surface area (Å²) in [5.41, 5.74) is 17.7. The smallest absolute Gasteiger partial charge is 0.328 e. The van der Waals surface area contributed by atoms with Gasteiger partial charge in [-0.3, -0.25) is 19.4 Å². The van der Waals surface area contributed by atoms with Crippen LogP contribution in [0.5, 0.6) is 0 Å². The van der Waals surface area contributed by atoms with Gasteiger partial charge < -0.3 is 53.5 Å². The van der Waals surface area contributed by atoms with Crippen molar-refractivity contribution in [2.45, 2.75) is 43.4 Å². The van der Waals surface area contributed by atoms with Crippen molar-refractivity contribution in [1.29, 1.82) is 0 Å². The number of aliphatic hydroxyl groups excluding tert-OH is 2. The highest BCUT2D eigenvalue weighted by Gasteiger charge is 2.30. The minimum absolute atomic E-state index is 0.00995. The van der Waals surface area contributed by atoms with Gasteiger partial charge in [-0.2, -0.15) is 0 Å². The van der Waals surface area contributed by atoms with E-state index in [1.807, 2.05) is 24.3 Å². The molecule has 0 aliphatic rings. The molecule has 0 saturated carbocycles. The van der Waals surface area contributed by atoms with Crippen molar-refractivity contribution in [2.24, 2.45) is 22.2 Å². The Morgan fingerprint density at radius 2 is 1.55 bits per heavy atom. The van der Waals surface area contributed by atoms with E-state index in [1.165, 1.54) is 0 Å². The number of aliphatic imine (C=N–C) groups is 1. The molecule has 2 aromatic rings. The fourth-order valence-electron chi connectivity index (χ4n) is 3.59. The zero-order valence-corrected chi connectivity index (χ0v) is 20.6. The van der Waals surface area contributed by atoms with Crippen molar-refractivity contribution in [3.05, 3.63) is 36.0 Å². The zero-order valence-electron chi connectivity index (χ0n) is 20.6. The Kier molecular flexibility index (Phi) is 11.5. The summed E-state index contributed by atoms with van der Waals surface area (Å²) in [7, 11) is 0. The van der Waals surface area contributed by atoms with E-state index in [9.17, 15) is 29.4 Å². The second kappa shape index (κ2) is 14.5. The molecule has 1 aromatic carbocycles. The first kappa shape index (κ1) is 30.0. The molecule has 0 aliphatic carbocycles. The van der Waals surface area contributed by atoms with Crippen LogP contribution in [0, 0.1) is 0 Å². The van der Waals surface area contributed by atoms with E-state index in [2.05, 4.69) is 25.9 Å². The molecule has 38 heavy (non-hydrogen) atoms. The van der Waals surface area contributed by atoms with Crippen LogP contribution in [-0.4, -0.2) is 93.9 Å². The third-order valence-electron chi connectivity index (χ3n) is 5.64. The van der Waals surface area contributed by atoms with Gasteiger partial charge in [-0.25, -0.2) is 4.79 Å². The lowest BCUT2D eigenvalue weighted by molar-refractivity contribution is -0.143. The molecule has 15 nitrogen and oxygen atoms in total. The van der Waals surface area contributed by atoms with Gasteiger partial charge >= 0.3 is 5.97 Å². The maximum atomic E-state index is 13.3. The Balaban J connectivity index is 2.28. The van der Waals surface area contributed by atoms with Crippen LogP contribution in [-0.2, 0) is 25.6 Å². The first-order valence-electron chi connectivity index (χ1n) is 11.8. The number of H-pyrrole nitrogens is 1. The number of hydrogen-bond acceptors (Lipinski definition) is 8. The lowest BCUT2D eigenvalue weighted by Gasteiger charge is -2.25. The number of nitrogens with two attached hydrogens (primary N) is 3. The molecule has 1 aromatic heterocycles. The largest absolute Gasteiger partial charge is 0.480 e. The second-order valence-corrected chi connectivity index (χ2v) is 8.51. The van der Waals surface area contributed by atoms with Gasteiger partial charge in [-0.1, -0.05) is 18.2 Å². The minimum atomic E-state index is -1.59. The maximum Gasteiger partial charge on any atom is 0.328 e. The van der Waals surface area contributed by atoms with Crippen molar-refractivity contribution in [3.8, 4) is 0 Å². The number of guanidine groups is 1. The van der Waals surface area contributed by atoms with E-state index in [1.54, 1.807) is 6.20 Å². The Morgan fingerprint density at radius 3 is 2.18 bits per heavy atom. The van der Waals surface area contributed by atoms with Crippen LogP contribution in [0.4, 0.5) is 0 Å². The van der Waals surface area contributed by atoms with Gasteiger partial charge in [-0.05, 0) is 24.5 Å². The van der Waals surface area contributed by atoms with Gasteiger partial charge in [0.05, 0.1) is 13.2 Å². The third-order valence-corrected chi connectivity index (χ3v) is 5.64. The molecule has 4 atom stereocenters. The fourth-order valence-corrected chi connectivity index (χ4v) is 3.59. The molecule has 3 amide bonds. The maximum absolute atomic E-state index is 13.3. The SMILES string of the molecule is NC(N)=NCCCC(NC(=O)C(Cc1c[nH]c2ccccc12)NC(=O)C(N)CO)C(=O)NC(CO)C(=O)O. The molecule has 0 bridgehead atoms. The molecular formula is C23H34N8O7. The molecular weight excluding hydrogens is 500 g/mol. The third kappa shape index (κ3) is 8.72. The topological polar surface area (TPSA) is 271 Å². The van der Waals surface area contributed by atoms with Crippen molar-refractivity contribution in [3.63, 3.8) is 0 Å². The highest BCUT2D eigenvalue weighted by Crippen LogP contribution is 2.19. The number of carboxylic acids is 1. The van der Waals surface area contributed by atoms with Gasteiger partial charge in [0.15, 0.2) is 5.96 Å². The van der Waals surface area contributed by atoms with Crippen molar-refractivity contribution in [1.82, 2.24) is 20.9 Å². The molecule has 1 heterocycles. The summed E-state index contributed by atoms with van der Waals surface area (Å²) in [5, 5.41) is 35.7. The number of aliphatic carboxylic acids is 1. The summed E-state index contributed by atoms with van der Waals surface area (Å²) >= 11 is 0. The summed E-state index contributed by atoms with van der Waals surface area (Å²) in [6.07, 6.45) is 1.94. The van der Waals surface area contributed by atoms with E-state index in [-0.39, 0.29) is 31.8 Å². The first-order chi connectivity index (χ1) is 18.1. The number of rotatable bonds is 15. The lowest BCUT2D eigenvalue weighted by Crippen LogP contribution is -2.58. The first-order valence-corrected chi connectivity index (χ1v) is 11.8. The average molecular weight is 535 g/mol. The summed E-state index contributed by atoms with van der Waals surface area (Å²) in [5.74, 6) is -4.04. The Labute approximate surface area is 217 Å². The normalized spacial score (nSPS) is 14.1. The van der Waals surface area contributed by atoms with Crippen LogP contribution in [0.3, 0.4) is 0 Å². The Morgan fingerprint density at radius 1 is 0.921 bits per heavy atom. The van der Waals surface area contributed by atoms with Gasteiger partial charge in [0.25, 0.3) is 0 Å². The molecule has 0 fully saturated rings. The zero-order chi connectivity index (χ0) is 28.2. The number of benzene rings is 1. The Bertz CT molecular complexity index is 1150. The molecule has 15 heteroatoms. The number of para-hydroxylation sites is 1. The van der Waals surface area contributed by atoms with Crippen LogP contribution in [0.15, 0.2) is 35.5 Å².